The number of thiocarbonyl (C=S) groups is 1. The summed E-state index contributed by atoms with van der Waals surface area (Å²) in [5, 5.41) is 6.12. The molecule has 0 unspecified atom stereocenters. The van der Waals surface area contributed by atoms with Crippen molar-refractivity contribution in [3.63, 3.8) is 0 Å². The Morgan fingerprint density at radius 2 is 1.69 bits per heavy atom. The number of fused-ring (bicyclic) bond motifs is 1. The molecule has 0 aliphatic rings. The third kappa shape index (κ3) is 11.4. The van der Waals surface area contributed by atoms with Crippen molar-refractivity contribution in [2.75, 3.05) is 39.2 Å². The lowest BCUT2D eigenvalue weighted by Crippen LogP contribution is -2.26. The number of hydrogen-bond donors (Lipinski definition) is 2. The molecule has 0 saturated carbocycles. The average molecular weight is 693 g/mol. The Hall–Kier alpha value is -4.29. The van der Waals surface area contributed by atoms with Crippen LogP contribution in [0.25, 0.3) is 20.7 Å². The second-order valence-electron chi connectivity index (χ2n) is 10.1. The molecule has 0 aliphatic carbocycles. The molecule has 0 aliphatic heterocycles. The first kappa shape index (κ1) is 38.2. The van der Waals surface area contributed by atoms with Gasteiger partial charge in [-0.3, -0.25) is 9.88 Å². The van der Waals surface area contributed by atoms with Crippen LogP contribution in [0.1, 0.15) is 31.9 Å². The van der Waals surface area contributed by atoms with Crippen LogP contribution < -0.4 is 15.4 Å². The number of pyridine rings is 1. The summed E-state index contributed by atoms with van der Waals surface area (Å²) in [5.41, 5.74) is 4.56. The Kier molecular flexibility index (Phi) is 16.0. The van der Waals surface area contributed by atoms with Gasteiger partial charge in [-0.25, -0.2) is 8.78 Å². The molecule has 2 aromatic heterocycles. The highest BCUT2D eigenvalue weighted by atomic mass is 32.1. The number of likely N-dealkylation sites (N-methyl/N-ethyl adjacent to an activating group) is 1. The molecule has 5 rings (SSSR count). The van der Waals surface area contributed by atoms with E-state index in [9.17, 15) is 13.6 Å². The molecule has 0 bridgehead atoms. The second kappa shape index (κ2) is 20.2. The van der Waals surface area contributed by atoms with Gasteiger partial charge in [-0.05, 0) is 65.8 Å². The lowest BCUT2D eigenvalue weighted by Gasteiger charge is -2.20. The maximum Gasteiger partial charge on any atom is 0.170 e. The molecule has 11 heteroatoms. The number of aromatic nitrogens is 1. The van der Waals surface area contributed by atoms with Crippen molar-refractivity contribution in [3.05, 3.63) is 108 Å². The zero-order valence-electron chi connectivity index (χ0n) is 27.9. The van der Waals surface area contributed by atoms with Gasteiger partial charge < -0.3 is 24.9 Å². The van der Waals surface area contributed by atoms with E-state index in [0.29, 0.717) is 23.0 Å². The number of methoxy groups -OCH3 is 1. The van der Waals surface area contributed by atoms with Crippen LogP contribution >= 0.6 is 23.6 Å². The van der Waals surface area contributed by atoms with Gasteiger partial charge in [0.2, 0.25) is 0 Å². The quantitative estimate of drug-likeness (QED) is 0.0993. The van der Waals surface area contributed by atoms with Crippen molar-refractivity contribution in [3.8, 4) is 21.9 Å². The van der Waals surface area contributed by atoms with E-state index in [2.05, 4.69) is 51.7 Å². The van der Waals surface area contributed by atoms with Crippen LogP contribution in [0.15, 0.2) is 85.1 Å². The molecule has 254 valence electrons. The molecular weight excluding hydrogens is 651 g/mol. The molecule has 7 nitrogen and oxygen atoms in total. The van der Waals surface area contributed by atoms with Gasteiger partial charge in [-0.15, -0.1) is 11.3 Å². The van der Waals surface area contributed by atoms with Crippen molar-refractivity contribution in [2.24, 2.45) is 0 Å². The van der Waals surface area contributed by atoms with Crippen LogP contribution in [0, 0.1) is 11.6 Å². The largest absolute Gasteiger partial charge is 0.453 e. The number of benzene rings is 3. The van der Waals surface area contributed by atoms with Crippen molar-refractivity contribution in [1.82, 2.24) is 15.2 Å². The second-order valence-corrected chi connectivity index (χ2v) is 11.6. The fourth-order valence-electron chi connectivity index (χ4n) is 4.43. The van der Waals surface area contributed by atoms with Crippen LogP contribution in [-0.2, 0) is 22.5 Å². The number of nitrogens with zero attached hydrogens (tertiary/aromatic N) is 2. The molecule has 0 fully saturated rings. The summed E-state index contributed by atoms with van der Waals surface area (Å²) < 4.78 is 39.0. The topological polar surface area (TPSA) is 75.7 Å². The number of aldehydes is 1. The highest BCUT2D eigenvalue weighted by Crippen LogP contribution is 2.39. The Labute approximate surface area is 290 Å². The smallest absolute Gasteiger partial charge is 0.170 e. The van der Waals surface area contributed by atoms with Crippen LogP contribution in [0.3, 0.4) is 0 Å². The van der Waals surface area contributed by atoms with E-state index in [4.69, 9.17) is 21.7 Å². The minimum atomic E-state index is -0.483. The third-order valence-corrected chi connectivity index (χ3v) is 8.44. The highest BCUT2D eigenvalue weighted by Gasteiger charge is 2.14. The maximum absolute atomic E-state index is 14.7. The van der Waals surface area contributed by atoms with E-state index < -0.39 is 5.82 Å². The van der Waals surface area contributed by atoms with Crippen molar-refractivity contribution < 1.29 is 23.0 Å². The molecule has 2 heterocycles. The number of thiophene rings is 1. The van der Waals surface area contributed by atoms with Gasteiger partial charge in [0.05, 0.1) is 16.8 Å². The highest BCUT2D eigenvalue weighted by molar-refractivity contribution is 7.80. The van der Waals surface area contributed by atoms with Crippen LogP contribution in [0.2, 0.25) is 0 Å². The molecular formula is C37H42F2N4O3S2. The first-order valence-electron chi connectivity index (χ1n) is 15.7. The van der Waals surface area contributed by atoms with E-state index >= 15 is 0 Å². The summed E-state index contributed by atoms with van der Waals surface area (Å²) in [5.74, 6) is -0.0517. The molecule has 0 saturated heterocycles. The van der Waals surface area contributed by atoms with E-state index in [1.807, 2.05) is 19.9 Å². The average Bonchev–Trinajstić information content (AvgIpc) is 3.56. The van der Waals surface area contributed by atoms with Gasteiger partial charge in [0.1, 0.15) is 17.9 Å². The third-order valence-electron chi connectivity index (χ3n) is 6.95. The fourth-order valence-corrected chi connectivity index (χ4v) is 5.62. The first-order chi connectivity index (χ1) is 23.3. The summed E-state index contributed by atoms with van der Waals surface area (Å²) in [6, 6.07) is 22.9. The predicted octanol–water partition coefficient (Wildman–Crippen LogP) is 8.87. The normalized spacial score (nSPS) is 10.4. The van der Waals surface area contributed by atoms with Gasteiger partial charge >= 0.3 is 0 Å². The van der Waals surface area contributed by atoms with E-state index in [1.54, 1.807) is 62.0 Å². The zero-order chi connectivity index (χ0) is 34.9. The molecule has 0 radical (unpaired) electrons. The number of carbonyl (C=O) groups excluding carboxylic acids is 1. The van der Waals surface area contributed by atoms with E-state index in [1.165, 1.54) is 23.8 Å². The molecule has 3 aromatic carbocycles. The van der Waals surface area contributed by atoms with E-state index in [0.717, 1.165) is 58.7 Å². The van der Waals surface area contributed by atoms with Gasteiger partial charge in [0, 0.05) is 62.6 Å². The van der Waals surface area contributed by atoms with Gasteiger partial charge in [0.25, 0.3) is 0 Å². The zero-order valence-corrected chi connectivity index (χ0v) is 29.5. The number of carbonyl (C=O) groups is 1. The van der Waals surface area contributed by atoms with Crippen molar-refractivity contribution >= 4 is 50.9 Å². The van der Waals surface area contributed by atoms with Crippen LogP contribution in [0.4, 0.5) is 14.5 Å². The minimum absolute atomic E-state index is 0.136. The molecule has 5 aromatic rings. The van der Waals surface area contributed by atoms with E-state index in [-0.39, 0.29) is 11.6 Å². The van der Waals surface area contributed by atoms with Crippen molar-refractivity contribution in [2.45, 2.75) is 33.7 Å². The van der Waals surface area contributed by atoms with Gasteiger partial charge in [-0.1, -0.05) is 57.2 Å². The molecule has 0 atom stereocenters. The number of ether oxygens (including phenoxy) is 2. The molecule has 48 heavy (non-hydrogen) atoms. The molecule has 0 amide bonds. The SMILES string of the molecule is CC.CCN(CCOC)Cc1ccc(-c2cc3nccc(Oc4ccc(NC(=S)NC)cc4F)c3s2)cc1.O=CCc1ccc(F)cc1. The number of anilines is 1. The number of nitrogens with one attached hydrogen (secondary N) is 2. The fraction of sp³-hybridized carbons (Fsp3) is 0.270. The summed E-state index contributed by atoms with van der Waals surface area (Å²) >= 11 is 6.65. The number of rotatable bonds is 12. The van der Waals surface area contributed by atoms with Gasteiger partial charge in [-0.2, -0.15) is 0 Å². The Balaban J connectivity index is 0.000000442. The van der Waals surface area contributed by atoms with Crippen LogP contribution in [-0.4, -0.2) is 55.1 Å². The minimum Gasteiger partial charge on any atom is -0.453 e. The maximum atomic E-state index is 14.7. The predicted molar refractivity (Wildman–Crippen MR) is 197 cm³/mol. The number of halogens is 2. The molecule has 2 N–H and O–H groups in total. The summed E-state index contributed by atoms with van der Waals surface area (Å²) in [6.45, 7) is 9.64. The Morgan fingerprint density at radius 1 is 0.979 bits per heavy atom. The molecule has 0 spiro atoms. The Morgan fingerprint density at radius 3 is 2.31 bits per heavy atom. The standard InChI is InChI=1S/C27H29FN4O2S2.C8H7FO.C2H6/c1-4-32(13-14-33-3)17-18-5-7-19(8-6-18)25-16-22-26(36-25)24(11-12-30-22)34-23-10-9-20(15-21(23)28)31-27(35)29-2;9-8-3-1-7(2-4-8)5-6-10;1-2/h5-12,15-16H,4,13-14,17H2,1-3H3,(H2,29,31,35);1-4,6H,5H2;1-2H3. The first-order valence-corrected chi connectivity index (χ1v) is 16.9. The summed E-state index contributed by atoms with van der Waals surface area (Å²) in [4.78, 5) is 17.9. The lowest BCUT2D eigenvalue weighted by atomic mass is 10.1. The van der Waals surface area contributed by atoms with Crippen molar-refractivity contribution in [1.29, 1.82) is 0 Å². The summed E-state index contributed by atoms with van der Waals surface area (Å²) in [6.07, 6.45) is 2.84. The Bertz CT molecular complexity index is 1730. The summed E-state index contributed by atoms with van der Waals surface area (Å²) in [7, 11) is 3.43. The lowest BCUT2D eigenvalue weighted by molar-refractivity contribution is -0.107. The monoisotopic (exact) mass is 692 g/mol. The van der Waals surface area contributed by atoms with Crippen LogP contribution in [0.5, 0.6) is 11.5 Å². The van der Waals surface area contributed by atoms with Gasteiger partial charge in [0.15, 0.2) is 16.7 Å². The number of hydrogen-bond acceptors (Lipinski definition) is 7.